The summed E-state index contributed by atoms with van der Waals surface area (Å²) < 4.78 is 152. The molecule has 0 saturated heterocycles. The summed E-state index contributed by atoms with van der Waals surface area (Å²) in [5.41, 5.74) is -12.6. The molecule has 6 aliphatic rings. The van der Waals surface area contributed by atoms with Crippen LogP contribution in [0.4, 0.5) is 56.6 Å². The zero-order chi connectivity index (χ0) is 64.9. The van der Waals surface area contributed by atoms with Gasteiger partial charge in [0, 0.05) is 29.3 Å². The maximum atomic E-state index is 15.8. The highest BCUT2D eigenvalue weighted by atomic mass is 19.4. The molecule has 6 heterocycles. The van der Waals surface area contributed by atoms with Gasteiger partial charge in [0.15, 0.2) is 0 Å². The number of hydrogen-bond acceptors (Lipinski definition) is 10. The fraction of sp³-hybridized carbons (Fsp3) is 0.176. The van der Waals surface area contributed by atoms with Crippen molar-refractivity contribution in [2.75, 3.05) is 21.7 Å². The number of benzene rings is 8. The summed E-state index contributed by atoms with van der Waals surface area (Å²) in [7, 11) is 1.16. The van der Waals surface area contributed by atoms with E-state index in [1.165, 1.54) is 0 Å². The van der Waals surface area contributed by atoms with Gasteiger partial charge in [-0.1, -0.05) is 66.2 Å². The predicted octanol–water partition coefficient (Wildman–Crippen LogP) is 14.0. The van der Waals surface area contributed by atoms with Crippen LogP contribution in [0.25, 0.3) is 0 Å². The summed E-state index contributed by atoms with van der Waals surface area (Å²) in [5.74, 6) is -9.70. The maximum Gasteiger partial charge on any atom is 0.402 e. The van der Waals surface area contributed by atoms with Crippen LogP contribution in [0.2, 0.25) is 0 Å². The summed E-state index contributed by atoms with van der Waals surface area (Å²) in [4.78, 5) is 113. The molecule has 0 bridgehead atoms. The van der Waals surface area contributed by atoms with Gasteiger partial charge in [0.2, 0.25) is 0 Å². The first-order valence-corrected chi connectivity index (χ1v) is 27.9. The number of nitrogens with zero attached hydrogens (tertiary/aromatic N) is 4. The lowest BCUT2D eigenvalue weighted by molar-refractivity contribution is -0.175. The first-order valence-electron chi connectivity index (χ1n) is 27.9. The number of ether oxygens (including phenoxy) is 2. The molecule has 3 unspecified atom stereocenters. The van der Waals surface area contributed by atoms with Crippen LogP contribution in [-0.4, -0.2) is 77.7 Å². The van der Waals surface area contributed by atoms with Gasteiger partial charge in [-0.2, -0.15) is 39.5 Å². The molecule has 0 radical (unpaired) electrons. The molecule has 91 heavy (non-hydrogen) atoms. The van der Waals surface area contributed by atoms with Crippen molar-refractivity contribution in [3.05, 3.63) is 240 Å². The predicted molar refractivity (Wildman–Crippen MR) is 307 cm³/mol. The number of anilines is 3. The Morgan fingerprint density at radius 1 is 0.374 bits per heavy atom. The standard InChI is InChI=1S/C68H41F9N4O10/c1-31-6-8-32(9-7-31)22-33-10-16-36(17-11-33)79-57(84)40-24-49-53(28-44(40)60(79)87)91-54-30-46-42(26-50(54)65(49,4)68(75,76)77)59(86)81(62(46)89)38-20-14-35(15-21-38)63(2,66(69,70)71)34-12-18-37(19-13-34)80-58(85)41-25-48-52(29-45(41)61(80)88)90-51-27-43-39(55(82)78(5)56(43)83)23-47(51)64(48,3)67(72,73)74/h6-21,23-30H,22H2,1-5H3. The van der Waals surface area contributed by atoms with E-state index in [0.29, 0.717) is 16.2 Å². The first-order chi connectivity index (χ1) is 42.8. The fourth-order valence-corrected chi connectivity index (χ4v) is 13.0. The van der Waals surface area contributed by atoms with Gasteiger partial charge in [-0.05, 0) is 141 Å². The number of fused-ring (bicyclic) bond motifs is 8. The van der Waals surface area contributed by atoms with Gasteiger partial charge in [-0.15, -0.1) is 0 Å². The lowest BCUT2D eigenvalue weighted by atomic mass is 9.72. The third kappa shape index (κ3) is 7.94. The van der Waals surface area contributed by atoms with Gasteiger partial charge in [0.1, 0.15) is 39.2 Å². The van der Waals surface area contributed by atoms with Gasteiger partial charge in [-0.25, -0.2) is 14.7 Å². The van der Waals surface area contributed by atoms with E-state index in [-0.39, 0.29) is 39.3 Å². The van der Waals surface area contributed by atoms with E-state index in [4.69, 9.17) is 9.47 Å². The van der Waals surface area contributed by atoms with Crippen molar-refractivity contribution in [1.29, 1.82) is 0 Å². The highest BCUT2D eigenvalue weighted by Gasteiger charge is 2.62. The van der Waals surface area contributed by atoms with Crippen molar-refractivity contribution in [1.82, 2.24) is 4.90 Å². The lowest BCUT2D eigenvalue weighted by Crippen LogP contribution is -2.43. The maximum absolute atomic E-state index is 15.8. The van der Waals surface area contributed by atoms with E-state index in [9.17, 15) is 38.4 Å². The van der Waals surface area contributed by atoms with Crippen molar-refractivity contribution < 1.29 is 87.3 Å². The molecule has 23 heteroatoms. The van der Waals surface area contributed by atoms with Crippen molar-refractivity contribution in [3.8, 4) is 23.0 Å². The summed E-state index contributed by atoms with van der Waals surface area (Å²) in [6, 6.07) is 29.8. The molecular formula is C68H41F9N4O10. The smallest absolute Gasteiger partial charge is 0.402 e. The Labute approximate surface area is 508 Å². The van der Waals surface area contributed by atoms with Crippen LogP contribution < -0.4 is 24.2 Å². The Morgan fingerprint density at radius 2 is 0.626 bits per heavy atom. The minimum absolute atomic E-state index is 0.164. The summed E-state index contributed by atoms with van der Waals surface area (Å²) in [6.07, 6.45) is -14.9. The normalized spacial score (nSPS) is 19.6. The molecule has 0 aromatic heterocycles. The van der Waals surface area contributed by atoms with E-state index < -0.39 is 161 Å². The Hall–Kier alpha value is -10.7. The van der Waals surface area contributed by atoms with E-state index in [0.717, 1.165) is 151 Å². The van der Waals surface area contributed by atoms with Crippen LogP contribution in [0.3, 0.4) is 0 Å². The fourth-order valence-electron chi connectivity index (χ4n) is 13.0. The van der Waals surface area contributed by atoms with E-state index >= 15 is 39.5 Å². The van der Waals surface area contributed by atoms with Gasteiger partial charge < -0.3 is 9.47 Å². The Bertz CT molecular complexity index is 4720. The van der Waals surface area contributed by atoms with Gasteiger partial charge in [0.25, 0.3) is 47.3 Å². The topological polar surface area (TPSA) is 168 Å². The molecule has 6 aliphatic heterocycles. The van der Waals surface area contributed by atoms with Crippen LogP contribution in [0.5, 0.6) is 23.0 Å². The molecule has 8 aromatic carbocycles. The Kier molecular flexibility index (Phi) is 12.1. The monoisotopic (exact) mass is 1240 g/mol. The summed E-state index contributed by atoms with van der Waals surface area (Å²) >= 11 is 0. The van der Waals surface area contributed by atoms with Crippen molar-refractivity contribution in [2.45, 2.75) is 68.9 Å². The van der Waals surface area contributed by atoms with Crippen LogP contribution in [0, 0.1) is 6.92 Å². The molecule has 14 nitrogen and oxygen atoms in total. The zero-order valence-corrected chi connectivity index (χ0v) is 47.8. The highest BCUT2D eigenvalue weighted by Crippen LogP contribution is 2.60. The third-order valence-electron chi connectivity index (χ3n) is 18.6. The van der Waals surface area contributed by atoms with E-state index in [2.05, 4.69) is 0 Å². The highest BCUT2D eigenvalue weighted by molar-refractivity contribution is 6.36. The molecule has 8 aromatic rings. The molecule has 0 spiro atoms. The third-order valence-corrected chi connectivity index (χ3v) is 18.6. The van der Waals surface area contributed by atoms with E-state index in [1.807, 2.05) is 31.2 Å². The van der Waals surface area contributed by atoms with Crippen LogP contribution in [0.15, 0.2) is 146 Å². The molecule has 456 valence electrons. The molecule has 0 N–H and O–H groups in total. The van der Waals surface area contributed by atoms with Gasteiger partial charge in [0.05, 0.1) is 61.6 Å². The lowest BCUT2D eigenvalue weighted by Gasteiger charge is -2.39. The number of hydrogen-bond donors (Lipinski definition) is 0. The number of alkyl halides is 9. The second-order valence-corrected chi connectivity index (χ2v) is 23.6. The number of amides is 8. The Morgan fingerprint density at radius 3 is 0.912 bits per heavy atom. The molecule has 8 amide bonds. The molecule has 0 aliphatic carbocycles. The van der Waals surface area contributed by atoms with Crippen molar-refractivity contribution in [2.24, 2.45) is 0 Å². The largest absolute Gasteiger partial charge is 0.457 e. The summed E-state index contributed by atoms with van der Waals surface area (Å²) in [5, 5.41) is 0. The SMILES string of the molecule is Cc1ccc(Cc2ccc(N3C(=O)c4cc5c(cc4C3=O)C(C)(C(F)(F)F)c3cc4c(cc3O5)C(=O)N(c3ccc(C(C)(c5ccc(N6C(=O)c7cc8c(cc7C6=O)C(C)(C(F)(F)F)c6cc7c(cc6O8)C(=O)N(C)C7=O)cc5)C(F)(F)F)cc3)C4=O)cc2)cc1. The number of carbonyl (C=O) groups excluding carboxylic acids is 8. The Balaban J connectivity index is 0.726. The average molecular weight is 1250 g/mol. The number of aryl methyl sites for hydroxylation is 1. The molecule has 3 atom stereocenters. The summed E-state index contributed by atoms with van der Waals surface area (Å²) in [6.45, 7) is 4.35. The van der Waals surface area contributed by atoms with Crippen LogP contribution >= 0.6 is 0 Å². The second-order valence-electron chi connectivity index (χ2n) is 23.6. The van der Waals surface area contributed by atoms with Crippen molar-refractivity contribution >= 4 is 64.3 Å². The molecule has 0 fully saturated rings. The first kappa shape index (κ1) is 58.0. The zero-order valence-electron chi connectivity index (χ0n) is 47.8. The second kappa shape index (κ2) is 18.9. The van der Waals surface area contributed by atoms with E-state index in [1.54, 1.807) is 24.3 Å². The van der Waals surface area contributed by atoms with Gasteiger partial charge in [-0.3, -0.25) is 43.3 Å². The quantitative estimate of drug-likeness (QED) is 0.111. The van der Waals surface area contributed by atoms with Crippen molar-refractivity contribution in [3.63, 3.8) is 0 Å². The number of carbonyl (C=O) groups is 8. The number of rotatable bonds is 7. The van der Waals surface area contributed by atoms with Crippen LogP contribution in [-0.2, 0) is 22.7 Å². The molecule has 14 rings (SSSR count). The number of imide groups is 4. The number of halogens is 9. The average Bonchev–Trinajstić information content (AvgIpc) is 1.70. The molecule has 0 saturated carbocycles. The minimum Gasteiger partial charge on any atom is -0.457 e. The van der Waals surface area contributed by atoms with Gasteiger partial charge >= 0.3 is 18.5 Å². The van der Waals surface area contributed by atoms with Crippen LogP contribution in [0.1, 0.15) is 154 Å². The molecular weight excluding hydrogens is 1200 g/mol. The minimum atomic E-state index is -5.17.